The number of carbonyl (C=O) groups excluding carboxylic acids is 1. The van der Waals surface area contributed by atoms with E-state index in [4.69, 9.17) is 11.6 Å². The number of hydrogen-bond donors (Lipinski definition) is 2. The molecule has 1 aliphatic heterocycles. The number of carbonyl (C=O) groups is 1. The Hall–Kier alpha value is -1.13. The molecule has 2 atom stereocenters. The minimum atomic E-state index is -0.570. The summed E-state index contributed by atoms with van der Waals surface area (Å²) in [5.41, 5.74) is -0.0490. The number of halogens is 2. The van der Waals surface area contributed by atoms with E-state index in [0.29, 0.717) is 11.8 Å². The van der Waals surface area contributed by atoms with Crippen LogP contribution in [0.5, 0.6) is 0 Å². The van der Waals surface area contributed by atoms with Crippen LogP contribution in [0.25, 0.3) is 0 Å². The summed E-state index contributed by atoms with van der Waals surface area (Å²) in [7, 11) is 0. The van der Waals surface area contributed by atoms with Gasteiger partial charge in [0.25, 0.3) is 5.91 Å². The SMILES string of the molecule is O=C(NC1C2CNCC21)c1c(F)cccc1Cl. The average molecular weight is 255 g/mol. The Labute approximate surface area is 103 Å². The molecule has 2 aliphatic rings. The van der Waals surface area contributed by atoms with E-state index in [9.17, 15) is 9.18 Å². The summed E-state index contributed by atoms with van der Waals surface area (Å²) >= 11 is 5.84. The highest BCUT2D eigenvalue weighted by Crippen LogP contribution is 2.41. The molecule has 0 spiro atoms. The molecule has 0 radical (unpaired) electrons. The van der Waals surface area contributed by atoms with Gasteiger partial charge in [0.1, 0.15) is 5.82 Å². The lowest BCUT2D eigenvalue weighted by atomic mass is 10.2. The molecule has 17 heavy (non-hydrogen) atoms. The van der Waals surface area contributed by atoms with Crippen molar-refractivity contribution >= 4 is 17.5 Å². The average Bonchev–Trinajstić information content (AvgIpc) is 2.74. The zero-order valence-electron chi connectivity index (χ0n) is 9.04. The maximum absolute atomic E-state index is 13.5. The van der Waals surface area contributed by atoms with Gasteiger partial charge in [-0.1, -0.05) is 17.7 Å². The van der Waals surface area contributed by atoms with E-state index in [2.05, 4.69) is 10.6 Å². The first kappa shape index (κ1) is 11.0. The number of rotatable bonds is 2. The maximum Gasteiger partial charge on any atom is 0.256 e. The van der Waals surface area contributed by atoms with Crippen LogP contribution in [0.15, 0.2) is 18.2 Å². The molecule has 2 N–H and O–H groups in total. The third kappa shape index (κ3) is 1.81. The highest BCUT2D eigenvalue weighted by molar-refractivity contribution is 6.33. The molecule has 2 fully saturated rings. The maximum atomic E-state index is 13.5. The van der Waals surface area contributed by atoms with E-state index >= 15 is 0 Å². The van der Waals surface area contributed by atoms with Crippen molar-refractivity contribution in [2.24, 2.45) is 11.8 Å². The Morgan fingerprint density at radius 3 is 2.76 bits per heavy atom. The summed E-state index contributed by atoms with van der Waals surface area (Å²) in [6, 6.07) is 4.44. The van der Waals surface area contributed by atoms with Crippen LogP contribution in [0, 0.1) is 17.7 Å². The number of amides is 1. The second-order valence-electron chi connectivity index (χ2n) is 4.58. The minimum Gasteiger partial charge on any atom is -0.348 e. The Bertz CT molecular complexity index is 449. The summed E-state index contributed by atoms with van der Waals surface area (Å²) in [4.78, 5) is 11.9. The minimum absolute atomic E-state index is 0.0490. The Morgan fingerprint density at radius 1 is 1.41 bits per heavy atom. The van der Waals surface area contributed by atoms with Crippen LogP contribution in [0.2, 0.25) is 5.02 Å². The van der Waals surface area contributed by atoms with Gasteiger partial charge in [-0.15, -0.1) is 0 Å². The molecule has 3 rings (SSSR count). The second kappa shape index (κ2) is 3.96. The summed E-state index contributed by atoms with van der Waals surface area (Å²) in [6.45, 7) is 1.86. The topological polar surface area (TPSA) is 41.1 Å². The largest absolute Gasteiger partial charge is 0.348 e. The van der Waals surface area contributed by atoms with Crippen molar-refractivity contribution in [3.05, 3.63) is 34.6 Å². The van der Waals surface area contributed by atoms with E-state index in [1.54, 1.807) is 0 Å². The highest BCUT2D eigenvalue weighted by atomic mass is 35.5. The van der Waals surface area contributed by atoms with E-state index in [-0.39, 0.29) is 16.6 Å². The van der Waals surface area contributed by atoms with Crippen LogP contribution in [-0.4, -0.2) is 25.0 Å². The Morgan fingerprint density at radius 2 is 2.12 bits per heavy atom. The van der Waals surface area contributed by atoms with Gasteiger partial charge in [-0.05, 0) is 24.0 Å². The van der Waals surface area contributed by atoms with Crippen molar-refractivity contribution in [3.8, 4) is 0 Å². The molecule has 1 aromatic carbocycles. The summed E-state index contributed by atoms with van der Waals surface area (Å²) in [5.74, 6) is 0.0282. The zero-order valence-corrected chi connectivity index (χ0v) is 9.80. The molecule has 1 amide bonds. The summed E-state index contributed by atoms with van der Waals surface area (Å²) in [5, 5.41) is 6.25. The lowest BCUT2D eigenvalue weighted by molar-refractivity contribution is 0.0942. The van der Waals surface area contributed by atoms with Crippen molar-refractivity contribution in [1.82, 2.24) is 10.6 Å². The number of hydrogen-bond acceptors (Lipinski definition) is 2. The molecule has 1 saturated carbocycles. The molecular weight excluding hydrogens is 243 g/mol. The molecule has 2 unspecified atom stereocenters. The quantitative estimate of drug-likeness (QED) is 0.838. The van der Waals surface area contributed by atoms with Gasteiger partial charge in [-0.25, -0.2) is 4.39 Å². The normalized spacial score (nSPS) is 29.9. The molecule has 0 bridgehead atoms. The first-order chi connectivity index (χ1) is 8.18. The predicted molar refractivity (Wildman–Crippen MR) is 62.5 cm³/mol. The van der Waals surface area contributed by atoms with Crippen LogP contribution in [0.1, 0.15) is 10.4 Å². The molecule has 5 heteroatoms. The van der Waals surface area contributed by atoms with E-state index in [1.165, 1.54) is 18.2 Å². The molecule has 90 valence electrons. The third-order valence-electron chi connectivity index (χ3n) is 3.58. The monoisotopic (exact) mass is 254 g/mol. The van der Waals surface area contributed by atoms with Crippen molar-refractivity contribution in [2.75, 3.05) is 13.1 Å². The summed E-state index contributed by atoms with van der Waals surface area (Å²) < 4.78 is 13.5. The number of nitrogens with one attached hydrogen (secondary N) is 2. The van der Waals surface area contributed by atoms with Crippen LogP contribution in [0.4, 0.5) is 4.39 Å². The van der Waals surface area contributed by atoms with Crippen molar-refractivity contribution in [3.63, 3.8) is 0 Å². The molecule has 1 aromatic rings. The van der Waals surface area contributed by atoms with Gasteiger partial charge in [0.15, 0.2) is 0 Å². The Kier molecular flexibility index (Phi) is 2.56. The van der Waals surface area contributed by atoms with Gasteiger partial charge in [-0.2, -0.15) is 0 Å². The van der Waals surface area contributed by atoms with Crippen LogP contribution >= 0.6 is 11.6 Å². The van der Waals surface area contributed by atoms with Gasteiger partial charge in [0.2, 0.25) is 0 Å². The fourth-order valence-corrected chi connectivity index (χ4v) is 2.82. The molecule has 1 aliphatic carbocycles. The molecule has 3 nitrogen and oxygen atoms in total. The lowest BCUT2D eigenvalue weighted by Crippen LogP contribution is -2.33. The fourth-order valence-electron chi connectivity index (χ4n) is 2.57. The van der Waals surface area contributed by atoms with Crippen LogP contribution in [-0.2, 0) is 0 Å². The van der Waals surface area contributed by atoms with E-state index < -0.39 is 11.7 Å². The van der Waals surface area contributed by atoms with Gasteiger partial charge in [0, 0.05) is 19.1 Å². The molecule has 1 saturated heterocycles. The molecule has 0 aromatic heterocycles. The first-order valence-electron chi connectivity index (χ1n) is 5.64. The predicted octanol–water partition coefficient (Wildman–Crippen LogP) is 1.43. The van der Waals surface area contributed by atoms with Crippen molar-refractivity contribution < 1.29 is 9.18 Å². The first-order valence-corrected chi connectivity index (χ1v) is 6.02. The standard InChI is InChI=1S/C12H12ClFN2O/c13-8-2-1-3-9(14)10(8)12(17)16-11-6-4-15-5-7(6)11/h1-3,6-7,11,15H,4-5H2,(H,16,17). The van der Waals surface area contributed by atoms with Crippen LogP contribution in [0.3, 0.4) is 0 Å². The smallest absolute Gasteiger partial charge is 0.256 e. The highest BCUT2D eigenvalue weighted by Gasteiger charge is 2.53. The second-order valence-corrected chi connectivity index (χ2v) is 4.99. The van der Waals surface area contributed by atoms with Gasteiger partial charge in [-0.3, -0.25) is 4.79 Å². The van der Waals surface area contributed by atoms with Gasteiger partial charge < -0.3 is 10.6 Å². The summed E-state index contributed by atoms with van der Waals surface area (Å²) in [6.07, 6.45) is 0. The lowest BCUT2D eigenvalue weighted by Gasteiger charge is -2.09. The molecular formula is C12H12ClFN2O. The Balaban J connectivity index is 1.74. The van der Waals surface area contributed by atoms with E-state index in [1.807, 2.05) is 0 Å². The molecule has 1 heterocycles. The number of piperidine rings is 1. The van der Waals surface area contributed by atoms with E-state index in [0.717, 1.165) is 13.1 Å². The van der Waals surface area contributed by atoms with Crippen molar-refractivity contribution in [2.45, 2.75) is 6.04 Å². The van der Waals surface area contributed by atoms with Crippen molar-refractivity contribution in [1.29, 1.82) is 0 Å². The van der Waals surface area contributed by atoms with Crippen LogP contribution < -0.4 is 10.6 Å². The van der Waals surface area contributed by atoms with Gasteiger partial charge >= 0.3 is 0 Å². The number of fused-ring (bicyclic) bond motifs is 1. The van der Waals surface area contributed by atoms with Gasteiger partial charge in [0.05, 0.1) is 10.6 Å². The third-order valence-corrected chi connectivity index (χ3v) is 3.89. The number of benzene rings is 1. The fraction of sp³-hybridized carbons (Fsp3) is 0.417. The zero-order chi connectivity index (χ0) is 12.0.